The molecule has 0 atom stereocenters. The molecule has 1 aromatic carbocycles. The van der Waals surface area contributed by atoms with Crippen molar-refractivity contribution >= 4 is 27.5 Å². The van der Waals surface area contributed by atoms with Crippen molar-refractivity contribution in [3.8, 4) is 0 Å². The number of alkyl halides is 3. The summed E-state index contributed by atoms with van der Waals surface area (Å²) < 4.78 is 41.7. The zero-order chi connectivity index (χ0) is 19.6. The number of nitrogens with one attached hydrogen (secondary N) is 1. The number of hydrogen-bond acceptors (Lipinski definition) is 3. The number of benzene rings is 1. The maximum Gasteiger partial charge on any atom is 0.435 e. The molecule has 2 aromatic heterocycles. The van der Waals surface area contributed by atoms with Crippen LogP contribution in [-0.2, 0) is 24.1 Å². The first-order chi connectivity index (χ1) is 12.7. The number of nitrogens with zero attached hydrogens (tertiary/aromatic N) is 4. The fourth-order valence-corrected chi connectivity index (χ4v) is 2.83. The second-order valence-electron chi connectivity index (χ2n) is 5.93. The summed E-state index contributed by atoms with van der Waals surface area (Å²) in [5.41, 5.74) is 0.707. The summed E-state index contributed by atoms with van der Waals surface area (Å²) in [6.45, 7) is 1.68. The maximum atomic E-state index is 12.7. The third-order valence-electron chi connectivity index (χ3n) is 3.72. The highest BCUT2D eigenvalue weighted by Gasteiger charge is 2.34. The van der Waals surface area contributed by atoms with E-state index in [1.165, 1.54) is 6.92 Å². The molecule has 0 aliphatic carbocycles. The van der Waals surface area contributed by atoms with Gasteiger partial charge in [-0.15, -0.1) is 0 Å². The predicted molar refractivity (Wildman–Crippen MR) is 96.1 cm³/mol. The van der Waals surface area contributed by atoms with Gasteiger partial charge in [0, 0.05) is 17.6 Å². The number of rotatable bonds is 5. The van der Waals surface area contributed by atoms with Crippen LogP contribution in [0.1, 0.15) is 17.0 Å². The minimum Gasteiger partial charge on any atom is -0.324 e. The summed E-state index contributed by atoms with van der Waals surface area (Å²) in [4.78, 5) is 12.2. The van der Waals surface area contributed by atoms with Crippen LogP contribution in [-0.4, -0.2) is 25.5 Å². The molecule has 3 aromatic rings. The average Bonchev–Trinajstić information content (AvgIpc) is 3.13. The van der Waals surface area contributed by atoms with Crippen LogP contribution in [0.25, 0.3) is 0 Å². The molecule has 0 aliphatic heterocycles. The van der Waals surface area contributed by atoms with Crippen molar-refractivity contribution in [1.29, 1.82) is 0 Å². The Morgan fingerprint density at radius 2 is 2.07 bits per heavy atom. The highest BCUT2D eigenvalue weighted by Crippen LogP contribution is 2.28. The van der Waals surface area contributed by atoms with E-state index in [2.05, 4.69) is 31.4 Å². The first kappa shape index (κ1) is 19.2. The number of anilines is 1. The molecule has 1 amide bonds. The topological polar surface area (TPSA) is 64.7 Å². The number of carbonyl (C=O) groups excluding carboxylic acids is 1. The molecule has 0 saturated heterocycles. The van der Waals surface area contributed by atoms with Crippen molar-refractivity contribution in [2.45, 2.75) is 26.2 Å². The van der Waals surface area contributed by atoms with E-state index < -0.39 is 17.8 Å². The average molecular weight is 442 g/mol. The molecule has 1 N–H and O–H groups in total. The Balaban J connectivity index is 1.66. The monoisotopic (exact) mass is 441 g/mol. The number of aromatic nitrogens is 4. The zero-order valence-corrected chi connectivity index (χ0v) is 15.8. The highest BCUT2D eigenvalue weighted by atomic mass is 79.9. The summed E-state index contributed by atoms with van der Waals surface area (Å²) in [6, 6.07) is 8.07. The number of halogens is 4. The van der Waals surface area contributed by atoms with Gasteiger partial charge in [-0.2, -0.15) is 23.4 Å². The number of hydrogen-bond donors (Lipinski definition) is 1. The lowest BCUT2D eigenvalue weighted by molar-refractivity contribution is -0.141. The van der Waals surface area contributed by atoms with E-state index in [9.17, 15) is 18.0 Å². The van der Waals surface area contributed by atoms with Gasteiger partial charge in [0.1, 0.15) is 6.54 Å². The minimum atomic E-state index is -4.54. The van der Waals surface area contributed by atoms with E-state index in [1.807, 2.05) is 12.3 Å². The maximum absolute atomic E-state index is 12.7. The van der Waals surface area contributed by atoms with Crippen LogP contribution < -0.4 is 5.32 Å². The lowest BCUT2D eigenvalue weighted by atomic mass is 10.2. The molecule has 142 valence electrons. The summed E-state index contributed by atoms with van der Waals surface area (Å²) in [5, 5.41) is 10.3. The summed E-state index contributed by atoms with van der Waals surface area (Å²) in [7, 11) is 0. The van der Waals surface area contributed by atoms with Crippen molar-refractivity contribution in [2.24, 2.45) is 0 Å². The molecule has 0 fully saturated rings. The third-order valence-corrected chi connectivity index (χ3v) is 4.13. The van der Waals surface area contributed by atoms with Gasteiger partial charge in [0.15, 0.2) is 5.69 Å². The lowest BCUT2D eigenvalue weighted by Crippen LogP contribution is -2.21. The van der Waals surface area contributed by atoms with Gasteiger partial charge in [-0.25, -0.2) is 0 Å². The van der Waals surface area contributed by atoms with Crippen LogP contribution in [0.2, 0.25) is 0 Å². The molecular formula is C17H15BrF3N5O. The molecule has 0 radical (unpaired) electrons. The van der Waals surface area contributed by atoms with Gasteiger partial charge < -0.3 is 5.32 Å². The predicted octanol–water partition coefficient (Wildman–Crippen LogP) is 3.86. The molecule has 0 bridgehead atoms. The van der Waals surface area contributed by atoms with E-state index in [-0.39, 0.29) is 12.2 Å². The molecular weight excluding hydrogens is 427 g/mol. The normalized spacial score (nSPS) is 11.6. The highest BCUT2D eigenvalue weighted by molar-refractivity contribution is 9.10. The molecule has 2 heterocycles. The van der Waals surface area contributed by atoms with Gasteiger partial charge in [0.2, 0.25) is 5.91 Å². The van der Waals surface area contributed by atoms with Gasteiger partial charge in [-0.05, 0) is 46.6 Å². The number of amides is 1. The molecule has 27 heavy (non-hydrogen) atoms. The number of carbonyl (C=O) groups is 1. The van der Waals surface area contributed by atoms with Crippen LogP contribution in [0.4, 0.5) is 18.9 Å². The molecule has 0 saturated carbocycles. The second-order valence-corrected chi connectivity index (χ2v) is 6.85. The van der Waals surface area contributed by atoms with Gasteiger partial charge in [0.25, 0.3) is 0 Å². The fraction of sp³-hybridized carbons (Fsp3) is 0.235. The largest absolute Gasteiger partial charge is 0.435 e. The van der Waals surface area contributed by atoms with E-state index in [4.69, 9.17) is 0 Å². The molecule has 6 nitrogen and oxygen atoms in total. The molecule has 0 spiro atoms. The molecule has 0 unspecified atom stereocenters. The van der Waals surface area contributed by atoms with Gasteiger partial charge in [-0.3, -0.25) is 14.2 Å². The van der Waals surface area contributed by atoms with Crippen molar-refractivity contribution in [1.82, 2.24) is 19.6 Å². The Labute approximate surface area is 161 Å². The SMILES string of the molecule is Cc1cc(C(F)(F)F)nn1CC(=O)Nc1cccc(Cn2cc(Br)cn2)c1. The smallest absolute Gasteiger partial charge is 0.324 e. The van der Waals surface area contributed by atoms with Crippen molar-refractivity contribution < 1.29 is 18.0 Å². The van der Waals surface area contributed by atoms with Crippen molar-refractivity contribution in [2.75, 3.05) is 5.32 Å². The minimum absolute atomic E-state index is 0.260. The summed E-state index contributed by atoms with van der Waals surface area (Å²) in [6.07, 6.45) is -1.04. The van der Waals surface area contributed by atoms with E-state index >= 15 is 0 Å². The standard InChI is InChI=1S/C17H15BrF3N5O/c1-11-5-15(17(19,20)21)24-26(11)10-16(27)23-14-4-2-3-12(6-14)8-25-9-13(18)7-22-25/h2-7,9H,8,10H2,1H3,(H,23,27). The van der Waals surface area contributed by atoms with Crippen molar-refractivity contribution in [3.63, 3.8) is 0 Å². The van der Waals surface area contributed by atoms with Gasteiger partial charge >= 0.3 is 6.18 Å². The fourth-order valence-electron chi connectivity index (χ4n) is 2.50. The quantitative estimate of drug-likeness (QED) is 0.653. The Morgan fingerprint density at radius 3 is 2.70 bits per heavy atom. The Hall–Kier alpha value is -2.62. The molecule has 3 rings (SSSR count). The Kier molecular flexibility index (Phi) is 5.36. The number of aryl methyl sites for hydroxylation is 1. The van der Waals surface area contributed by atoms with Crippen LogP contribution in [0.5, 0.6) is 0 Å². The lowest BCUT2D eigenvalue weighted by Gasteiger charge is -2.09. The first-order valence-corrected chi connectivity index (χ1v) is 8.68. The molecule has 0 aliphatic rings. The third kappa shape index (κ3) is 4.97. The van der Waals surface area contributed by atoms with E-state index in [0.717, 1.165) is 20.8 Å². The van der Waals surface area contributed by atoms with Crippen molar-refractivity contribution in [3.05, 3.63) is 64.1 Å². The Bertz CT molecular complexity index is 964. The first-order valence-electron chi connectivity index (χ1n) is 7.89. The van der Waals surface area contributed by atoms with E-state index in [1.54, 1.807) is 29.1 Å². The van der Waals surface area contributed by atoms with Crippen LogP contribution >= 0.6 is 15.9 Å². The van der Waals surface area contributed by atoms with Crippen LogP contribution in [0, 0.1) is 6.92 Å². The second kappa shape index (κ2) is 7.55. The van der Waals surface area contributed by atoms with Gasteiger partial charge in [0.05, 0.1) is 17.2 Å². The van der Waals surface area contributed by atoms with Crippen LogP contribution in [0.3, 0.4) is 0 Å². The van der Waals surface area contributed by atoms with E-state index in [0.29, 0.717) is 12.2 Å². The van der Waals surface area contributed by atoms with Crippen LogP contribution in [0.15, 0.2) is 47.2 Å². The Morgan fingerprint density at radius 1 is 1.30 bits per heavy atom. The summed E-state index contributed by atoms with van der Waals surface area (Å²) in [5.74, 6) is -0.464. The molecule has 10 heteroatoms. The zero-order valence-electron chi connectivity index (χ0n) is 14.2. The van der Waals surface area contributed by atoms with Gasteiger partial charge in [-0.1, -0.05) is 12.1 Å². The summed E-state index contributed by atoms with van der Waals surface area (Å²) >= 11 is 3.32.